The number of nitrogens with two attached hydrogens (primary N) is 1. The summed E-state index contributed by atoms with van der Waals surface area (Å²) in [6.07, 6.45) is 1.93. The zero-order valence-electron chi connectivity index (χ0n) is 11.2. The van der Waals surface area contributed by atoms with Gasteiger partial charge in [0.1, 0.15) is 5.82 Å². The van der Waals surface area contributed by atoms with Gasteiger partial charge >= 0.3 is 0 Å². The van der Waals surface area contributed by atoms with E-state index in [1.807, 2.05) is 19.1 Å². The van der Waals surface area contributed by atoms with E-state index in [2.05, 4.69) is 16.9 Å². The van der Waals surface area contributed by atoms with Crippen molar-refractivity contribution in [1.82, 2.24) is 5.32 Å². The Morgan fingerprint density at radius 3 is 2.74 bits per heavy atom. The van der Waals surface area contributed by atoms with E-state index in [-0.39, 0.29) is 11.2 Å². The minimum absolute atomic E-state index is 0.149. The first-order chi connectivity index (χ1) is 9.03. The van der Waals surface area contributed by atoms with Crippen LogP contribution >= 0.6 is 0 Å². The first kappa shape index (κ1) is 13.6. The second-order valence-electron chi connectivity index (χ2n) is 5.27. The Labute approximate surface area is 113 Å². The Hall–Kier alpha value is -1.84. The topological polar surface area (TPSA) is 50.4 Å². The van der Waals surface area contributed by atoms with Crippen molar-refractivity contribution < 1.29 is 4.39 Å². The average Bonchev–Trinajstić information content (AvgIpc) is 3.15. The van der Waals surface area contributed by atoms with Crippen LogP contribution in [-0.4, -0.2) is 19.0 Å². The van der Waals surface area contributed by atoms with Gasteiger partial charge in [-0.25, -0.2) is 4.39 Å². The Kier molecular flexibility index (Phi) is 3.88. The zero-order chi connectivity index (χ0) is 13.9. The average molecular weight is 261 g/mol. The lowest BCUT2D eigenvalue weighted by Crippen LogP contribution is -2.33. The second-order valence-corrected chi connectivity index (χ2v) is 5.27. The number of nitrogens with zero attached hydrogens (tertiary/aromatic N) is 1. The summed E-state index contributed by atoms with van der Waals surface area (Å²) < 4.78 is 13.8. The normalized spacial score (nSPS) is 17.1. The van der Waals surface area contributed by atoms with Crippen LogP contribution in [0, 0.1) is 5.82 Å². The molecule has 1 aromatic rings. The van der Waals surface area contributed by atoms with Gasteiger partial charge in [0.05, 0.1) is 6.54 Å². The lowest BCUT2D eigenvalue weighted by atomic mass is 9.95. The molecule has 3 N–H and O–H groups in total. The van der Waals surface area contributed by atoms with Gasteiger partial charge in [0, 0.05) is 12.0 Å². The van der Waals surface area contributed by atoms with Gasteiger partial charge in [0.25, 0.3) is 0 Å². The summed E-state index contributed by atoms with van der Waals surface area (Å²) in [6, 6.07) is 6.92. The van der Waals surface area contributed by atoms with Gasteiger partial charge in [-0.3, -0.25) is 4.99 Å². The number of rotatable bonds is 5. The third-order valence-electron chi connectivity index (χ3n) is 3.42. The van der Waals surface area contributed by atoms with Crippen LogP contribution in [0.25, 0.3) is 0 Å². The van der Waals surface area contributed by atoms with E-state index < -0.39 is 0 Å². The highest BCUT2D eigenvalue weighted by molar-refractivity contribution is 5.78. The minimum atomic E-state index is -0.152. The lowest BCUT2D eigenvalue weighted by Gasteiger charge is -2.14. The Bertz CT molecular complexity index is 504. The Morgan fingerprint density at radius 2 is 2.16 bits per heavy atom. The van der Waals surface area contributed by atoms with Crippen molar-refractivity contribution in [2.24, 2.45) is 10.7 Å². The van der Waals surface area contributed by atoms with Gasteiger partial charge in [-0.05, 0) is 31.4 Å². The summed E-state index contributed by atoms with van der Waals surface area (Å²) in [6.45, 7) is 6.85. The monoisotopic (exact) mass is 261 g/mol. The van der Waals surface area contributed by atoms with Gasteiger partial charge < -0.3 is 11.1 Å². The molecule has 1 aliphatic carbocycles. The molecule has 0 spiro atoms. The summed E-state index contributed by atoms with van der Waals surface area (Å²) in [5, 5.41) is 2.98. The number of aliphatic imine (C=N–C) groups is 1. The summed E-state index contributed by atoms with van der Waals surface area (Å²) in [4.78, 5) is 4.32. The van der Waals surface area contributed by atoms with E-state index in [0.29, 0.717) is 19.0 Å². The van der Waals surface area contributed by atoms with Gasteiger partial charge in [-0.1, -0.05) is 30.4 Å². The van der Waals surface area contributed by atoms with E-state index in [1.54, 1.807) is 6.07 Å². The maximum Gasteiger partial charge on any atom is 0.188 e. The minimum Gasteiger partial charge on any atom is -0.370 e. The molecule has 4 heteroatoms. The van der Waals surface area contributed by atoms with Gasteiger partial charge in [0.15, 0.2) is 5.96 Å². The van der Waals surface area contributed by atoms with E-state index in [0.717, 1.165) is 24.0 Å². The lowest BCUT2D eigenvalue weighted by molar-refractivity contribution is 0.573. The number of guanidine groups is 1. The predicted molar refractivity (Wildman–Crippen MR) is 76.6 cm³/mol. The molecule has 3 nitrogen and oxygen atoms in total. The van der Waals surface area contributed by atoms with Crippen LogP contribution in [0.4, 0.5) is 4.39 Å². The number of hydrogen-bond donors (Lipinski definition) is 2. The molecule has 0 bridgehead atoms. The molecule has 1 saturated carbocycles. The first-order valence-corrected chi connectivity index (χ1v) is 6.47. The van der Waals surface area contributed by atoms with E-state index in [1.165, 1.54) is 6.07 Å². The third-order valence-corrected chi connectivity index (χ3v) is 3.42. The van der Waals surface area contributed by atoms with Crippen LogP contribution in [0.5, 0.6) is 0 Å². The van der Waals surface area contributed by atoms with Crippen LogP contribution in [-0.2, 0) is 5.41 Å². The smallest absolute Gasteiger partial charge is 0.188 e. The fraction of sp³-hybridized carbons (Fsp3) is 0.400. The second kappa shape index (κ2) is 5.43. The summed E-state index contributed by atoms with van der Waals surface area (Å²) in [5.74, 6) is 0.245. The molecular formula is C15H20FN3. The molecule has 1 aromatic carbocycles. The number of halogens is 1. The molecule has 0 radical (unpaired) electrons. The highest BCUT2D eigenvalue weighted by atomic mass is 19.1. The van der Waals surface area contributed by atoms with E-state index >= 15 is 0 Å². The molecule has 0 aliphatic heterocycles. The van der Waals surface area contributed by atoms with Crippen LogP contribution in [0.1, 0.15) is 25.3 Å². The molecule has 0 aromatic heterocycles. The molecule has 0 amide bonds. The molecular weight excluding hydrogens is 241 g/mol. The van der Waals surface area contributed by atoms with Crippen LogP contribution in [0.2, 0.25) is 0 Å². The number of hydrogen-bond acceptors (Lipinski definition) is 1. The molecule has 0 saturated heterocycles. The summed E-state index contributed by atoms with van der Waals surface area (Å²) in [7, 11) is 0. The maximum absolute atomic E-state index is 13.8. The van der Waals surface area contributed by atoms with E-state index in [9.17, 15) is 4.39 Å². The highest BCUT2D eigenvalue weighted by Gasteiger charge is 2.45. The Balaban J connectivity index is 2.01. The van der Waals surface area contributed by atoms with Crippen molar-refractivity contribution in [1.29, 1.82) is 0 Å². The van der Waals surface area contributed by atoms with Crippen LogP contribution < -0.4 is 11.1 Å². The van der Waals surface area contributed by atoms with Crippen molar-refractivity contribution in [3.05, 3.63) is 47.8 Å². The molecule has 0 unspecified atom stereocenters. The highest BCUT2D eigenvalue weighted by Crippen LogP contribution is 2.49. The van der Waals surface area contributed by atoms with Crippen molar-refractivity contribution >= 4 is 5.96 Å². The van der Waals surface area contributed by atoms with Gasteiger partial charge in [-0.2, -0.15) is 0 Å². The van der Waals surface area contributed by atoms with Crippen LogP contribution in [0.3, 0.4) is 0 Å². The van der Waals surface area contributed by atoms with Crippen molar-refractivity contribution in [3.8, 4) is 0 Å². The van der Waals surface area contributed by atoms with Crippen LogP contribution in [0.15, 0.2) is 41.4 Å². The first-order valence-electron chi connectivity index (χ1n) is 6.47. The summed E-state index contributed by atoms with van der Waals surface area (Å²) in [5.41, 5.74) is 7.38. The Morgan fingerprint density at radius 1 is 1.47 bits per heavy atom. The molecule has 0 heterocycles. The number of benzene rings is 1. The van der Waals surface area contributed by atoms with Gasteiger partial charge in [-0.15, -0.1) is 0 Å². The third kappa shape index (κ3) is 3.34. The molecule has 0 atom stereocenters. The van der Waals surface area contributed by atoms with Crippen molar-refractivity contribution in [2.45, 2.75) is 25.2 Å². The largest absolute Gasteiger partial charge is 0.370 e. The van der Waals surface area contributed by atoms with Crippen molar-refractivity contribution in [3.63, 3.8) is 0 Å². The molecule has 2 rings (SSSR count). The molecule has 1 fully saturated rings. The fourth-order valence-electron chi connectivity index (χ4n) is 2.09. The number of nitrogens with one attached hydrogen (secondary N) is 1. The summed E-state index contributed by atoms with van der Waals surface area (Å²) >= 11 is 0. The molecule has 102 valence electrons. The standard InChI is InChI=1S/C15H20FN3/c1-11(2)9-18-14(17)19-10-15(7-8-15)12-5-3-4-6-13(12)16/h3-6H,1,7-10H2,2H3,(H3,17,18,19). The zero-order valence-corrected chi connectivity index (χ0v) is 11.2. The molecule has 1 aliphatic rings. The predicted octanol–water partition coefficient (Wildman–Crippen LogP) is 2.34. The quantitative estimate of drug-likeness (QED) is 0.485. The van der Waals surface area contributed by atoms with Crippen molar-refractivity contribution in [2.75, 3.05) is 13.1 Å². The SMILES string of the molecule is C=C(C)CNC(N)=NCC1(c2ccccc2F)CC1. The molecule has 19 heavy (non-hydrogen) atoms. The maximum atomic E-state index is 13.8. The van der Waals surface area contributed by atoms with E-state index in [4.69, 9.17) is 5.73 Å². The fourth-order valence-corrected chi connectivity index (χ4v) is 2.09. The van der Waals surface area contributed by atoms with Gasteiger partial charge in [0.2, 0.25) is 0 Å².